The molecule has 1 saturated heterocycles. The van der Waals surface area contributed by atoms with Crippen molar-refractivity contribution < 1.29 is 9.90 Å². The van der Waals surface area contributed by atoms with Crippen LogP contribution in [0.4, 0.5) is 0 Å². The van der Waals surface area contributed by atoms with E-state index in [1.54, 1.807) is 0 Å². The van der Waals surface area contributed by atoms with Crippen LogP contribution in [0.3, 0.4) is 0 Å². The fourth-order valence-electron chi connectivity index (χ4n) is 2.06. The fourth-order valence-corrected chi connectivity index (χ4v) is 2.06. The zero-order valence-electron chi connectivity index (χ0n) is 9.07. The zero-order chi connectivity index (χ0) is 10.6. The predicted molar refractivity (Wildman–Crippen MR) is 55.4 cm³/mol. The van der Waals surface area contributed by atoms with E-state index in [2.05, 4.69) is 23.8 Å². The lowest BCUT2D eigenvalue weighted by Gasteiger charge is -2.28. The van der Waals surface area contributed by atoms with Gasteiger partial charge in [-0.1, -0.05) is 6.92 Å². The Morgan fingerprint density at radius 2 is 2.21 bits per heavy atom. The van der Waals surface area contributed by atoms with E-state index in [0.29, 0.717) is 6.04 Å². The minimum atomic E-state index is -0.715. The number of hydrogen-bond donors (Lipinski definition) is 1. The normalized spacial score (nSPS) is 26.0. The predicted octanol–water partition coefficient (Wildman–Crippen LogP) is 0.487. The number of likely N-dealkylation sites (N-methyl/N-ethyl adjacent to an activating group) is 1. The molecule has 1 N–H and O–H groups in total. The molecule has 1 fully saturated rings. The van der Waals surface area contributed by atoms with Crippen LogP contribution in [0.1, 0.15) is 19.8 Å². The van der Waals surface area contributed by atoms with E-state index in [4.69, 9.17) is 5.11 Å². The molecule has 4 heteroatoms. The molecule has 1 rings (SSSR count). The van der Waals surface area contributed by atoms with Crippen molar-refractivity contribution in [1.29, 1.82) is 0 Å². The molecule has 0 aromatic rings. The molecule has 14 heavy (non-hydrogen) atoms. The quantitative estimate of drug-likeness (QED) is 0.720. The molecule has 1 atom stereocenters. The first-order valence-electron chi connectivity index (χ1n) is 5.28. The van der Waals surface area contributed by atoms with Crippen LogP contribution in [-0.2, 0) is 4.79 Å². The molecule has 0 aromatic heterocycles. The van der Waals surface area contributed by atoms with Crippen molar-refractivity contribution in [2.75, 3.05) is 33.2 Å². The van der Waals surface area contributed by atoms with Gasteiger partial charge in [0.1, 0.15) is 0 Å². The summed E-state index contributed by atoms with van der Waals surface area (Å²) in [4.78, 5) is 15.0. The summed E-state index contributed by atoms with van der Waals surface area (Å²) in [6.45, 7) is 5.29. The Hall–Kier alpha value is -0.610. The third-order valence-electron chi connectivity index (χ3n) is 2.83. The van der Waals surface area contributed by atoms with E-state index in [-0.39, 0.29) is 6.54 Å². The summed E-state index contributed by atoms with van der Waals surface area (Å²) < 4.78 is 0. The molecule has 1 aliphatic heterocycles. The molecule has 4 nitrogen and oxygen atoms in total. The van der Waals surface area contributed by atoms with Gasteiger partial charge in [0.2, 0.25) is 0 Å². The molecule has 0 spiro atoms. The molecule has 0 bridgehead atoms. The zero-order valence-corrected chi connectivity index (χ0v) is 9.07. The second-order valence-electron chi connectivity index (χ2n) is 4.04. The van der Waals surface area contributed by atoms with Crippen LogP contribution in [0.25, 0.3) is 0 Å². The number of rotatable bonds is 3. The first kappa shape index (κ1) is 11.5. The Morgan fingerprint density at radius 3 is 2.79 bits per heavy atom. The van der Waals surface area contributed by atoms with Crippen molar-refractivity contribution in [3.63, 3.8) is 0 Å². The highest BCUT2D eigenvalue weighted by molar-refractivity contribution is 5.69. The number of nitrogens with zero attached hydrogens (tertiary/aromatic N) is 2. The topological polar surface area (TPSA) is 43.8 Å². The van der Waals surface area contributed by atoms with Crippen LogP contribution in [0.2, 0.25) is 0 Å². The van der Waals surface area contributed by atoms with E-state index in [9.17, 15) is 4.79 Å². The maximum Gasteiger partial charge on any atom is 0.317 e. The minimum Gasteiger partial charge on any atom is -0.480 e. The Balaban J connectivity index is 2.56. The highest BCUT2D eigenvalue weighted by Gasteiger charge is 2.23. The van der Waals surface area contributed by atoms with E-state index < -0.39 is 5.97 Å². The van der Waals surface area contributed by atoms with E-state index in [1.807, 2.05) is 0 Å². The van der Waals surface area contributed by atoms with Gasteiger partial charge in [-0.15, -0.1) is 0 Å². The average molecular weight is 200 g/mol. The third-order valence-corrected chi connectivity index (χ3v) is 2.83. The van der Waals surface area contributed by atoms with Gasteiger partial charge in [-0.05, 0) is 26.4 Å². The van der Waals surface area contributed by atoms with Crippen LogP contribution in [0.5, 0.6) is 0 Å². The van der Waals surface area contributed by atoms with Gasteiger partial charge in [0, 0.05) is 19.1 Å². The molecule has 1 unspecified atom stereocenters. The van der Waals surface area contributed by atoms with Crippen molar-refractivity contribution in [3.8, 4) is 0 Å². The highest BCUT2D eigenvalue weighted by atomic mass is 16.4. The molecule has 82 valence electrons. The maximum absolute atomic E-state index is 10.7. The summed E-state index contributed by atoms with van der Waals surface area (Å²) in [5.74, 6) is -0.715. The lowest BCUT2D eigenvalue weighted by Crippen LogP contribution is -2.42. The largest absolute Gasteiger partial charge is 0.480 e. The molecule has 0 aliphatic carbocycles. The van der Waals surface area contributed by atoms with Crippen LogP contribution < -0.4 is 0 Å². The molecular weight excluding hydrogens is 180 g/mol. The monoisotopic (exact) mass is 200 g/mol. The van der Waals surface area contributed by atoms with Crippen molar-refractivity contribution in [2.24, 2.45) is 0 Å². The fraction of sp³-hybridized carbons (Fsp3) is 0.900. The van der Waals surface area contributed by atoms with E-state index >= 15 is 0 Å². The lowest BCUT2D eigenvalue weighted by atomic mass is 10.2. The Bertz CT molecular complexity index is 197. The Kier molecular flexibility index (Phi) is 4.35. The second kappa shape index (κ2) is 5.32. The Morgan fingerprint density at radius 1 is 1.50 bits per heavy atom. The summed E-state index contributed by atoms with van der Waals surface area (Å²) in [5, 5.41) is 8.78. The van der Waals surface area contributed by atoms with E-state index in [1.165, 1.54) is 0 Å². The SMILES string of the molecule is CCC1CN(C)CCCN1CC(=O)O. The summed E-state index contributed by atoms with van der Waals surface area (Å²) in [6.07, 6.45) is 2.10. The third kappa shape index (κ3) is 3.27. The highest BCUT2D eigenvalue weighted by Crippen LogP contribution is 2.11. The van der Waals surface area contributed by atoms with E-state index in [0.717, 1.165) is 32.5 Å². The van der Waals surface area contributed by atoms with Crippen molar-refractivity contribution in [2.45, 2.75) is 25.8 Å². The standard InChI is InChI=1S/C10H20N2O2/c1-3-9-7-11(2)5-4-6-12(9)8-10(13)14/h9H,3-8H2,1-2H3,(H,13,14). The van der Waals surface area contributed by atoms with Crippen LogP contribution in [-0.4, -0.2) is 60.1 Å². The van der Waals surface area contributed by atoms with Crippen molar-refractivity contribution in [1.82, 2.24) is 9.80 Å². The molecule has 0 amide bonds. The van der Waals surface area contributed by atoms with Gasteiger partial charge >= 0.3 is 5.97 Å². The lowest BCUT2D eigenvalue weighted by molar-refractivity contribution is -0.138. The maximum atomic E-state index is 10.7. The first-order valence-corrected chi connectivity index (χ1v) is 5.28. The minimum absolute atomic E-state index is 0.187. The molecule has 1 heterocycles. The second-order valence-corrected chi connectivity index (χ2v) is 4.04. The molecule has 0 radical (unpaired) electrons. The summed E-state index contributed by atoms with van der Waals surface area (Å²) >= 11 is 0. The first-order chi connectivity index (χ1) is 6.63. The molecule has 0 saturated carbocycles. The van der Waals surface area contributed by atoms with Gasteiger partial charge in [-0.2, -0.15) is 0 Å². The van der Waals surface area contributed by atoms with Gasteiger partial charge in [-0.25, -0.2) is 0 Å². The summed E-state index contributed by atoms with van der Waals surface area (Å²) in [7, 11) is 2.10. The van der Waals surface area contributed by atoms with Crippen molar-refractivity contribution >= 4 is 5.97 Å². The van der Waals surface area contributed by atoms with Crippen molar-refractivity contribution in [3.05, 3.63) is 0 Å². The van der Waals surface area contributed by atoms with Crippen LogP contribution >= 0.6 is 0 Å². The van der Waals surface area contributed by atoms with Gasteiger partial charge in [-0.3, -0.25) is 9.69 Å². The van der Waals surface area contributed by atoms with Gasteiger partial charge in [0.15, 0.2) is 0 Å². The summed E-state index contributed by atoms with van der Waals surface area (Å²) in [5.41, 5.74) is 0. The smallest absolute Gasteiger partial charge is 0.317 e. The van der Waals surface area contributed by atoms with Gasteiger partial charge in [0.05, 0.1) is 6.54 Å². The van der Waals surface area contributed by atoms with Crippen LogP contribution in [0, 0.1) is 0 Å². The van der Waals surface area contributed by atoms with Gasteiger partial charge < -0.3 is 10.0 Å². The molecule has 1 aliphatic rings. The van der Waals surface area contributed by atoms with Crippen LogP contribution in [0.15, 0.2) is 0 Å². The summed E-state index contributed by atoms with van der Waals surface area (Å²) in [6, 6.07) is 0.401. The Labute approximate surface area is 85.5 Å². The average Bonchev–Trinajstić information content (AvgIpc) is 2.27. The van der Waals surface area contributed by atoms with Gasteiger partial charge in [0.25, 0.3) is 0 Å². The number of hydrogen-bond acceptors (Lipinski definition) is 3. The number of carbonyl (C=O) groups is 1. The number of carboxylic acids is 1. The molecule has 0 aromatic carbocycles. The number of aliphatic carboxylic acids is 1. The number of carboxylic acid groups (broad SMARTS) is 1. The molecular formula is C10H20N2O2.